The molecule has 4 heteroatoms. The van der Waals surface area contributed by atoms with Crippen LogP contribution in [0.25, 0.3) is 9.40 Å². The van der Waals surface area contributed by atoms with Crippen LogP contribution in [0.4, 0.5) is 5.00 Å². The number of carbonyl (C=O) groups is 1. The normalized spacial score (nSPS) is 10.8. The first kappa shape index (κ1) is 7.76. The smallest absolute Gasteiger partial charge is 0.169 e. The summed E-state index contributed by atoms with van der Waals surface area (Å²) in [6, 6.07) is 3.82. The minimum atomic E-state index is 0.127. The fourth-order valence-corrected chi connectivity index (χ4v) is 3.10. The molecule has 2 rings (SSSR count). The van der Waals surface area contributed by atoms with E-state index in [0.29, 0.717) is 0 Å². The standard InChI is InChI=1S/C8H7NOS2/c1-4(10)5-2-6-7(11-5)3-8(9)12-6/h2-3H,9H2,1H3. The van der Waals surface area contributed by atoms with E-state index in [2.05, 4.69) is 0 Å². The highest BCUT2D eigenvalue weighted by atomic mass is 32.1. The molecule has 2 aromatic heterocycles. The minimum absolute atomic E-state index is 0.127. The number of hydrogen-bond acceptors (Lipinski definition) is 4. The van der Waals surface area contributed by atoms with Gasteiger partial charge in [0.05, 0.1) is 9.88 Å². The van der Waals surface area contributed by atoms with Gasteiger partial charge in [0.25, 0.3) is 0 Å². The first-order chi connectivity index (χ1) is 5.66. The third-order valence-corrected chi connectivity index (χ3v) is 3.80. The zero-order valence-corrected chi connectivity index (χ0v) is 8.09. The molecule has 2 N–H and O–H groups in total. The van der Waals surface area contributed by atoms with E-state index in [1.54, 1.807) is 6.92 Å². The summed E-state index contributed by atoms with van der Waals surface area (Å²) in [5, 5.41) is 0.811. The average Bonchev–Trinajstić information content (AvgIpc) is 2.42. The number of hydrogen-bond donors (Lipinski definition) is 1. The number of Topliss-reactive ketones (excluding diaryl/α,β-unsaturated/α-hetero) is 1. The molecule has 0 spiro atoms. The molecule has 0 radical (unpaired) electrons. The Morgan fingerprint density at radius 2 is 2.00 bits per heavy atom. The fraction of sp³-hybridized carbons (Fsp3) is 0.125. The van der Waals surface area contributed by atoms with Crippen molar-refractivity contribution in [3.63, 3.8) is 0 Å². The number of thiophene rings is 2. The van der Waals surface area contributed by atoms with E-state index in [0.717, 1.165) is 19.3 Å². The Bertz CT molecular complexity index is 409. The van der Waals surface area contributed by atoms with Crippen LogP contribution >= 0.6 is 22.7 Å². The fourth-order valence-electron chi connectivity index (χ4n) is 1.03. The van der Waals surface area contributed by atoms with Crippen LogP contribution in [-0.2, 0) is 0 Å². The molecule has 0 aromatic carbocycles. The molecule has 62 valence electrons. The highest BCUT2D eigenvalue weighted by Gasteiger charge is 2.07. The van der Waals surface area contributed by atoms with Crippen LogP contribution in [0, 0.1) is 0 Å². The van der Waals surface area contributed by atoms with Crippen LogP contribution in [0.3, 0.4) is 0 Å². The summed E-state index contributed by atoms with van der Waals surface area (Å²) < 4.78 is 2.23. The maximum absolute atomic E-state index is 11.0. The van der Waals surface area contributed by atoms with Gasteiger partial charge in [-0.1, -0.05) is 0 Å². The molecule has 2 aromatic rings. The van der Waals surface area contributed by atoms with Crippen LogP contribution in [0.15, 0.2) is 12.1 Å². The van der Waals surface area contributed by atoms with E-state index in [1.165, 1.54) is 22.7 Å². The predicted molar refractivity (Wildman–Crippen MR) is 54.1 cm³/mol. The van der Waals surface area contributed by atoms with Crippen molar-refractivity contribution < 1.29 is 4.79 Å². The molecule has 0 amide bonds. The van der Waals surface area contributed by atoms with Crippen molar-refractivity contribution in [2.75, 3.05) is 5.73 Å². The van der Waals surface area contributed by atoms with Crippen molar-refractivity contribution in [1.29, 1.82) is 0 Å². The Hall–Kier alpha value is -0.870. The molecule has 0 bridgehead atoms. The maximum Gasteiger partial charge on any atom is 0.169 e. The minimum Gasteiger partial charge on any atom is -0.391 e. The van der Waals surface area contributed by atoms with Crippen molar-refractivity contribution in [3.8, 4) is 0 Å². The van der Waals surface area contributed by atoms with Crippen LogP contribution < -0.4 is 5.73 Å². The zero-order valence-electron chi connectivity index (χ0n) is 6.46. The Balaban J connectivity index is 2.64. The van der Waals surface area contributed by atoms with Gasteiger partial charge < -0.3 is 5.73 Å². The van der Waals surface area contributed by atoms with Gasteiger partial charge in [0, 0.05) is 9.40 Å². The third kappa shape index (κ3) is 1.13. The van der Waals surface area contributed by atoms with E-state index in [9.17, 15) is 4.79 Å². The molecule has 0 fully saturated rings. The second kappa shape index (κ2) is 2.57. The number of nitrogens with two attached hydrogens (primary N) is 1. The topological polar surface area (TPSA) is 43.1 Å². The van der Waals surface area contributed by atoms with Gasteiger partial charge in [-0.05, 0) is 19.1 Å². The van der Waals surface area contributed by atoms with Gasteiger partial charge in [0.2, 0.25) is 0 Å². The van der Waals surface area contributed by atoms with Crippen LogP contribution in [-0.4, -0.2) is 5.78 Å². The Labute approximate surface area is 77.6 Å². The van der Waals surface area contributed by atoms with Gasteiger partial charge in [-0.3, -0.25) is 4.79 Å². The first-order valence-electron chi connectivity index (χ1n) is 3.46. The van der Waals surface area contributed by atoms with Gasteiger partial charge in [-0.2, -0.15) is 0 Å². The molecule has 0 saturated heterocycles. The molecule has 0 unspecified atom stereocenters. The van der Waals surface area contributed by atoms with Crippen molar-refractivity contribution in [1.82, 2.24) is 0 Å². The SMILES string of the molecule is CC(=O)c1cc2sc(N)cc2s1. The summed E-state index contributed by atoms with van der Waals surface area (Å²) in [5.41, 5.74) is 5.60. The number of anilines is 1. The largest absolute Gasteiger partial charge is 0.391 e. The molecular formula is C8H7NOS2. The van der Waals surface area contributed by atoms with Crippen LogP contribution in [0.1, 0.15) is 16.6 Å². The second-order valence-electron chi connectivity index (χ2n) is 2.54. The zero-order chi connectivity index (χ0) is 8.72. The van der Waals surface area contributed by atoms with Gasteiger partial charge in [0.1, 0.15) is 0 Å². The number of carbonyl (C=O) groups excluding carboxylic acids is 1. The van der Waals surface area contributed by atoms with Gasteiger partial charge in [-0.15, -0.1) is 22.7 Å². The van der Waals surface area contributed by atoms with Crippen molar-refractivity contribution in [3.05, 3.63) is 17.0 Å². The van der Waals surface area contributed by atoms with E-state index in [1.807, 2.05) is 12.1 Å². The summed E-state index contributed by atoms with van der Waals surface area (Å²) >= 11 is 3.03. The number of rotatable bonds is 1. The quantitative estimate of drug-likeness (QED) is 0.714. The lowest BCUT2D eigenvalue weighted by Gasteiger charge is -1.82. The Morgan fingerprint density at radius 1 is 1.33 bits per heavy atom. The number of nitrogen functional groups attached to an aromatic ring is 1. The lowest BCUT2D eigenvalue weighted by Crippen LogP contribution is -1.83. The van der Waals surface area contributed by atoms with E-state index in [-0.39, 0.29) is 5.78 Å². The first-order valence-corrected chi connectivity index (χ1v) is 5.10. The summed E-state index contributed by atoms with van der Waals surface area (Å²) in [6.07, 6.45) is 0. The van der Waals surface area contributed by atoms with Gasteiger partial charge in [0.15, 0.2) is 5.78 Å². The lowest BCUT2D eigenvalue weighted by atomic mass is 10.3. The third-order valence-electron chi connectivity index (χ3n) is 1.57. The molecule has 0 atom stereocenters. The number of fused-ring (bicyclic) bond motifs is 1. The summed E-state index contributed by atoms with van der Waals surface area (Å²) in [7, 11) is 0. The Morgan fingerprint density at radius 3 is 2.58 bits per heavy atom. The molecule has 2 heterocycles. The number of ketones is 1. The van der Waals surface area contributed by atoms with E-state index in [4.69, 9.17) is 5.73 Å². The van der Waals surface area contributed by atoms with Crippen LogP contribution in [0.2, 0.25) is 0 Å². The monoisotopic (exact) mass is 197 g/mol. The summed E-state index contributed by atoms with van der Waals surface area (Å²) in [5.74, 6) is 0.127. The highest BCUT2D eigenvalue weighted by molar-refractivity contribution is 7.30. The second-order valence-corrected chi connectivity index (χ2v) is 4.74. The Kier molecular flexibility index (Phi) is 1.66. The van der Waals surface area contributed by atoms with E-state index < -0.39 is 0 Å². The average molecular weight is 197 g/mol. The summed E-state index contributed by atoms with van der Waals surface area (Å²) in [4.78, 5) is 11.8. The molecule has 2 nitrogen and oxygen atoms in total. The molecule has 0 aliphatic rings. The van der Waals surface area contributed by atoms with Crippen LogP contribution in [0.5, 0.6) is 0 Å². The van der Waals surface area contributed by atoms with Crippen molar-refractivity contribution in [2.24, 2.45) is 0 Å². The predicted octanol–water partition coefficient (Wildman–Crippen LogP) is 2.75. The summed E-state index contributed by atoms with van der Waals surface area (Å²) in [6.45, 7) is 1.58. The molecular weight excluding hydrogens is 190 g/mol. The maximum atomic E-state index is 11.0. The molecule has 0 saturated carbocycles. The lowest BCUT2D eigenvalue weighted by molar-refractivity contribution is 0.102. The highest BCUT2D eigenvalue weighted by Crippen LogP contribution is 2.34. The van der Waals surface area contributed by atoms with Crippen molar-refractivity contribution >= 4 is 42.9 Å². The van der Waals surface area contributed by atoms with E-state index >= 15 is 0 Å². The molecule has 12 heavy (non-hydrogen) atoms. The van der Waals surface area contributed by atoms with Crippen molar-refractivity contribution in [2.45, 2.75) is 6.92 Å². The molecule has 0 aliphatic heterocycles. The molecule has 0 aliphatic carbocycles. The van der Waals surface area contributed by atoms with Gasteiger partial charge in [-0.25, -0.2) is 0 Å². The van der Waals surface area contributed by atoms with Gasteiger partial charge >= 0.3 is 0 Å².